The first-order valence-corrected chi connectivity index (χ1v) is 6.16. The fourth-order valence-corrected chi connectivity index (χ4v) is 1.83. The van der Waals surface area contributed by atoms with Gasteiger partial charge in [-0.2, -0.15) is 0 Å². The number of nitrogens with one attached hydrogen (secondary N) is 1. The molecule has 0 saturated carbocycles. The van der Waals surface area contributed by atoms with Gasteiger partial charge in [-0.1, -0.05) is 17.7 Å². The van der Waals surface area contributed by atoms with Gasteiger partial charge in [0.15, 0.2) is 0 Å². The summed E-state index contributed by atoms with van der Waals surface area (Å²) in [6.07, 6.45) is 1.85. The third kappa shape index (κ3) is 5.02. The van der Waals surface area contributed by atoms with Crippen molar-refractivity contribution in [2.75, 3.05) is 27.7 Å². The molecule has 0 amide bonds. The van der Waals surface area contributed by atoms with E-state index in [-0.39, 0.29) is 10.8 Å². The molecule has 1 unspecified atom stereocenters. The lowest BCUT2D eigenvalue weighted by atomic mass is 10.0. The second-order valence-electron chi connectivity index (χ2n) is 4.53. The molecule has 4 heteroatoms. The van der Waals surface area contributed by atoms with E-state index in [0.717, 1.165) is 24.9 Å². The Labute approximate surface area is 108 Å². The van der Waals surface area contributed by atoms with Gasteiger partial charge in [-0.25, -0.2) is 4.39 Å². The standard InChI is InChI=1S/C13H20ClFN2/c1-16-11(6-7-17(2)3)8-10-4-5-12(14)13(15)9-10/h4-5,9,11,16H,6-8H2,1-3H3. The monoisotopic (exact) mass is 258 g/mol. The molecular formula is C13H20ClFN2. The molecule has 0 heterocycles. The number of nitrogens with zero attached hydrogens (tertiary/aromatic N) is 1. The van der Waals surface area contributed by atoms with E-state index in [0.29, 0.717) is 6.04 Å². The first kappa shape index (κ1) is 14.4. The number of hydrogen-bond donors (Lipinski definition) is 1. The minimum absolute atomic E-state index is 0.183. The first-order chi connectivity index (χ1) is 8.02. The topological polar surface area (TPSA) is 15.3 Å². The Kier molecular flexibility index (Phi) is 5.89. The van der Waals surface area contributed by atoms with Gasteiger partial charge in [0.25, 0.3) is 0 Å². The minimum Gasteiger partial charge on any atom is -0.317 e. The van der Waals surface area contributed by atoms with Crippen LogP contribution in [0, 0.1) is 5.82 Å². The maximum Gasteiger partial charge on any atom is 0.142 e. The molecule has 1 N–H and O–H groups in total. The second kappa shape index (κ2) is 6.94. The number of hydrogen-bond acceptors (Lipinski definition) is 2. The van der Waals surface area contributed by atoms with Gasteiger partial charge in [0.1, 0.15) is 5.82 Å². The first-order valence-electron chi connectivity index (χ1n) is 5.79. The molecule has 1 aromatic carbocycles. The van der Waals surface area contributed by atoms with Gasteiger partial charge in [-0.15, -0.1) is 0 Å². The molecule has 0 saturated heterocycles. The average molecular weight is 259 g/mol. The Bertz CT molecular complexity index is 355. The maximum absolute atomic E-state index is 13.3. The van der Waals surface area contributed by atoms with Gasteiger partial charge in [0, 0.05) is 6.04 Å². The fourth-order valence-electron chi connectivity index (χ4n) is 1.71. The van der Waals surface area contributed by atoms with Gasteiger partial charge >= 0.3 is 0 Å². The van der Waals surface area contributed by atoms with Crippen molar-refractivity contribution in [2.24, 2.45) is 0 Å². The molecule has 0 aliphatic rings. The number of rotatable bonds is 6. The average Bonchev–Trinajstić information content (AvgIpc) is 2.28. The van der Waals surface area contributed by atoms with Crippen LogP contribution in [-0.2, 0) is 6.42 Å². The van der Waals surface area contributed by atoms with E-state index in [4.69, 9.17) is 11.6 Å². The summed E-state index contributed by atoms with van der Waals surface area (Å²) in [5, 5.41) is 3.44. The van der Waals surface area contributed by atoms with Crippen LogP contribution in [0.4, 0.5) is 4.39 Å². The van der Waals surface area contributed by atoms with Crippen LogP contribution in [-0.4, -0.2) is 38.6 Å². The Hall–Kier alpha value is -0.640. The van der Waals surface area contributed by atoms with Crippen LogP contribution in [0.1, 0.15) is 12.0 Å². The molecule has 96 valence electrons. The van der Waals surface area contributed by atoms with Crippen molar-refractivity contribution < 1.29 is 4.39 Å². The number of benzene rings is 1. The Morgan fingerprint density at radius 3 is 2.65 bits per heavy atom. The Morgan fingerprint density at radius 1 is 1.41 bits per heavy atom. The molecule has 0 bridgehead atoms. The van der Waals surface area contributed by atoms with Crippen LogP contribution in [0.2, 0.25) is 5.02 Å². The van der Waals surface area contributed by atoms with E-state index in [1.165, 1.54) is 6.07 Å². The highest BCUT2D eigenvalue weighted by atomic mass is 35.5. The summed E-state index contributed by atoms with van der Waals surface area (Å²) in [5.74, 6) is -0.341. The van der Waals surface area contributed by atoms with Gasteiger partial charge in [0.05, 0.1) is 5.02 Å². The van der Waals surface area contributed by atoms with Crippen LogP contribution in [0.25, 0.3) is 0 Å². The van der Waals surface area contributed by atoms with E-state index < -0.39 is 0 Å². The quantitative estimate of drug-likeness (QED) is 0.844. The highest BCUT2D eigenvalue weighted by molar-refractivity contribution is 6.30. The second-order valence-corrected chi connectivity index (χ2v) is 4.94. The van der Waals surface area contributed by atoms with Crippen molar-refractivity contribution in [3.63, 3.8) is 0 Å². The normalized spacial score (nSPS) is 13.1. The lowest BCUT2D eigenvalue weighted by Crippen LogP contribution is -2.31. The smallest absolute Gasteiger partial charge is 0.142 e. The molecule has 0 aromatic heterocycles. The van der Waals surface area contributed by atoms with Gasteiger partial charge < -0.3 is 10.2 Å². The molecule has 0 aliphatic carbocycles. The summed E-state index contributed by atoms with van der Waals surface area (Å²) in [6.45, 7) is 1.02. The van der Waals surface area contributed by atoms with E-state index in [1.807, 2.05) is 13.1 Å². The molecule has 2 nitrogen and oxygen atoms in total. The summed E-state index contributed by atoms with van der Waals surface area (Å²) >= 11 is 5.66. The van der Waals surface area contributed by atoms with Gasteiger partial charge in [-0.05, 0) is 58.2 Å². The summed E-state index contributed by atoms with van der Waals surface area (Å²) in [4.78, 5) is 2.15. The predicted octanol–water partition coefficient (Wildman–Crippen LogP) is 2.56. The minimum atomic E-state index is -0.341. The fraction of sp³-hybridized carbons (Fsp3) is 0.538. The van der Waals surface area contributed by atoms with Crippen LogP contribution in [0.5, 0.6) is 0 Å². The highest BCUT2D eigenvalue weighted by Gasteiger charge is 2.09. The third-order valence-corrected chi connectivity index (χ3v) is 3.11. The lowest BCUT2D eigenvalue weighted by molar-refractivity contribution is 0.364. The zero-order valence-corrected chi connectivity index (χ0v) is 11.4. The van der Waals surface area contributed by atoms with E-state index in [9.17, 15) is 4.39 Å². The molecule has 17 heavy (non-hydrogen) atoms. The van der Waals surface area contributed by atoms with E-state index in [2.05, 4.69) is 24.3 Å². The molecule has 1 atom stereocenters. The zero-order valence-electron chi connectivity index (χ0n) is 10.6. The molecule has 1 rings (SSSR count). The van der Waals surface area contributed by atoms with E-state index >= 15 is 0 Å². The van der Waals surface area contributed by atoms with Crippen LogP contribution >= 0.6 is 11.6 Å². The summed E-state index contributed by atoms with van der Waals surface area (Å²) in [6, 6.07) is 5.37. The molecule has 0 spiro atoms. The largest absolute Gasteiger partial charge is 0.317 e. The number of halogens is 2. The molecule has 0 radical (unpaired) electrons. The summed E-state index contributed by atoms with van der Waals surface area (Å²) in [5.41, 5.74) is 0.977. The van der Waals surface area contributed by atoms with Crippen molar-refractivity contribution in [1.82, 2.24) is 10.2 Å². The van der Waals surface area contributed by atoms with E-state index in [1.54, 1.807) is 6.07 Å². The highest BCUT2D eigenvalue weighted by Crippen LogP contribution is 2.17. The zero-order chi connectivity index (χ0) is 12.8. The summed E-state index contributed by atoms with van der Waals surface area (Å²) in [7, 11) is 6.04. The van der Waals surface area contributed by atoms with Crippen molar-refractivity contribution in [1.29, 1.82) is 0 Å². The maximum atomic E-state index is 13.3. The van der Waals surface area contributed by atoms with Gasteiger partial charge in [-0.3, -0.25) is 0 Å². The van der Waals surface area contributed by atoms with Gasteiger partial charge in [0.2, 0.25) is 0 Å². The lowest BCUT2D eigenvalue weighted by Gasteiger charge is -2.18. The van der Waals surface area contributed by atoms with Crippen LogP contribution in [0.3, 0.4) is 0 Å². The molecule has 1 aromatic rings. The van der Waals surface area contributed by atoms with Crippen molar-refractivity contribution >= 4 is 11.6 Å². The van der Waals surface area contributed by atoms with Crippen LogP contribution < -0.4 is 5.32 Å². The van der Waals surface area contributed by atoms with Crippen LogP contribution in [0.15, 0.2) is 18.2 Å². The van der Waals surface area contributed by atoms with Crippen molar-refractivity contribution in [3.05, 3.63) is 34.6 Å². The van der Waals surface area contributed by atoms with Crippen molar-refractivity contribution in [2.45, 2.75) is 18.9 Å². The predicted molar refractivity (Wildman–Crippen MR) is 71.1 cm³/mol. The number of likely N-dealkylation sites (N-methyl/N-ethyl adjacent to an activating group) is 1. The Balaban J connectivity index is 2.57. The summed E-state index contributed by atoms with van der Waals surface area (Å²) < 4.78 is 13.3. The molecule has 0 aliphatic heterocycles. The Morgan fingerprint density at radius 2 is 2.12 bits per heavy atom. The third-order valence-electron chi connectivity index (χ3n) is 2.80. The SMILES string of the molecule is CNC(CCN(C)C)Cc1ccc(Cl)c(F)c1. The molecule has 0 fully saturated rings. The van der Waals surface area contributed by atoms with Crippen molar-refractivity contribution in [3.8, 4) is 0 Å². The molecular weight excluding hydrogens is 239 g/mol.